The normalized spacial score (nSPS) is 15.5. The number of rotatable bonds is 10. The molecule has 0 aromatic heterocycles. The van der Waals surface area contributed by atoms with E-state index in [1.54, 1.807) is 0 Å². The van der Waals surface area contributed by atoms with E-state index in [1.165, 1.54) is 44.9 Å². The number of hydrogen-bond acceptors (Lipinski definition) is 0. The third-order valence-electron chi connectivity index (χ3n) is 4.60. The van der Waals surface area contributed by atoms with Gasteiger partial charge >= 0.3 is 0 Å². The zero-order chi connectivity index (χ0) is 13.3. The van der Waals surface area contributed by atoms with Gasteiger partial charge in [-0.1, -0.05) is 86.5 Å². The Hall–Kier alpha value is 0. The molecule has 0 aromatic rings. The van der Waals surface area contributed by atoms with Crippen LogP contribution in [0.5, 0.6) is 0 Å². The Kier molecular flexibility index (Phi) is 9.97. The Morgan fingerprint density at radius 1 is 0.647 bits per heavy atom. The fourth-order valence-electron chi connectivity index (χ4n) is 2.61. The lowest BCUT2D eigenvalue weighted by molar-refractivity contribution is 0.295. The van der Waals surface area contributed by atoms with E-state index in [2.05, 4.69) is 41.5 Å². The molecule has 0 aliphatic carbocycles. The molecule has 0 rings (SSSR count). The Morgan fingerprint density at radius 2 is 1.18 bits per heavy atom. The Labute approximate surface area is 111 Å². The van der Waals surface area contributed by atoms with E-state index < -0.39 is 0 Å². The summed E-state index contributed by atoms with van der Waals surface area (Å²) in [6.07, 6.45) is 9.88. The van der Waals surface area contributed by atoms with Crippen molar-refractivity contribution >= 4 is 0 Å². The van der Waals surface area contributed by atoms with Crippen LogP contribution in [0.1, 0.15) is 86.5 Å². The first-order chi connectivity index (χ1) is 8.01. The lowest BCUT2D eigenvalue weighted by Crippen LogP contribution is -2.10. The van der Waals surface area contributed by atoms with Crippen LogP contribution in [0, 0.1) is 23.7 Å². The lowest BCUT2D eigenvalue weighted by Gasteiger charge is -2.22. The molecular weight excluding hydrogens is 204 g/mol. The molecule has 0 aromatic carbocycles. The second kappa shape index (κ2) is 9.97. The van der Waals surface area contributed by atoms with Crippen LogP contribution >= 0.6 is 0 Å². The van der Waals surface area contributed by atoms with Crippen molar-refractivity contribution in [3.63, 3.8) is 0 Å². The van der Waals surface area contributed by atoms with Gasteiger partial charge in [0, 0.05) is 0 Å². The van der Waals surface area contributed by atoms with Crippen LogP contribution in [-0.2, 0) is 0 Å². The van der Waals surface area contributed by atoms with Crippen molar-refractivity contribution in [3.05, 3.63) is 0 Å². The van der Waals surface area contributed by atoms with E-state index >= 15 is 0 Å². The molecule has 0 spiro atoms. The Morgan fingerprint density at radius 3 is 1.65 bits per heavy atom. The van der Waals surface area contributed by atoms with Gasteiger partial charge in [0.25, 0.3) is 0 Å². The summed E-state index contributed by atoms with van der Waals surface area (Å²) < 4.78 is 0. The minimum absolute atomic E-state index is 0.877. The molecule has 2 atom stereocenters. The summed E-state index contributed by atoms with van der Waals surface area (Å²) in [5, 5.41) is 0. The van der Waals surface area contributed by atoms with Crippen LogP contribution in [0.4, 0.5) is 0 Å². The summed E-state index contributed by atoms with van der Waals surface area (Å²) in [4.78, 5) is 0. The van der Waals surface area contributed by atoms with Gasteiger partial charge in [0.1, 0.15) is 0 Å². The van der Waals surface area contributed by atoms with Crippen LogP contribution in [0.15, 0.2) is 0 Å². The molecular formula is C17H36. The van der Waals surface area contributed by atoms with Crippen molar-refractivity contribution in [2.24, 2.45) is 23.7 Å². The topological polar surface area (TPSA) is 0 Å². The van der Waals surface area contributed by atoms with Gasteiger partial charge < -0.3 is 0 Å². The van der Waals surface area contributed by atoms with E-state index in [0.717, 1.165) is 23.7 Å². The molecule has 0 fully saturated rings. The predicted octanol–water partition coefficient (Wildman–Crippen LogP) is 6.30. The minimum atomic E-state index is 0.877. The van der Waals surface area contributed by atoms with Gasteiger partial charge in [-0.25, -0.2) is 0 Å². The molecule has 0 radical (unpaired) electrons. The molecule has 0 heteroatoms. The van der Waals surface area contributed by atoms with Crippen LogP contribution in [-0.4, -0.2) is 0 Å². The summed E-state index contributed by atoms with van der Waals surface area (Å²) in [6, 6.07) is 0. The van der Waals surface area contributed by atoms with Gasteiger partial charge in [0.2, 0.25) is 0 Å². The molecule has 104 valence electrons. The standard InChI is InChI=1S/C17H36/c1-7-17(8-2)13-12-16(6)15(5)11-9-10-14(3)4/h14-17H,7-13H2,1-6H3. The van der Waals surface area contributed by atoms with E-state index in [0.29, 0.717) is 0 Å². The van der Waals surface area contributed by atoms with Gasteiger partial charge in [-0.3, -0.25) is 0 Å². The average Bonchev–Trinajstić information content (AvgIpc) is 2.29. The van der Waals surface area contributed by atoms with Gasteiger partial charge in [0.15, 0.2) is 0 Å². The second-order valence-corrected chi connectivity index (χ2v) is 6.54. The summed E-state index contributed by atoms with van der Waals surface area (Å²) in [5.41, 5.74) is 0. The summed E-state index contributed by atoms with van der Waals surface area (Å²) in [5.74, 6) is 3.69. The highest BCUT2D eigenvalue weighted by Crippen LogP contribution is 2.26. The number of hydrogen-bond donors (Lipinski definition) is 0. The van der Waals surface area contributed by atoms with Crippen molar-refractivity contribution in [3.8, 4) is 0 Å². The van der Waals surface area contributed by atoms with Gasteiger partial charge in [-0.15, -0.1) is 0 Å². The SMILES string of the molecule is CCC(CC)CCC(C)C(C)CCCC(C)C. The minimum Gasteiger partial charge on any atom is -0.0651 e. The van der Waals surface area contributed by atoms with Crippen molar-refractivity contribution in [1.29, 1.82) is 0 Å². The first kappa shape index (κ1) is 17.0. The fraction of sp³-hybridized carbons (Fsp3) is 1.00. The molecule has 0 bridgehead atoms. The molecule has 0 amide bonds. The smallest absolute Gasteiger partial charge is 0.0417 e. The van der Waals surface area contributed by atoms with Crippen molar-refractivity contribution in [2.75, 3.05) is 0 Å². The predicted molar refractivity (Wildman–Crippen MR) is 80.3 cm³/mol. The molecule has 0 N–H and O–H groups in total. The third kappa shape index (κ3) is 8.69. The maximum absolute atomic E-state index is 2.46. The first-order valence-corrected chi connectivity index (χ1v) is 8.01. The quantitative estimate of drug-likeness (QED) is 0.420. The highest BCUT2D eigenvalue weighted by molar-refractivity contribution is 4.65. The third-order valence-corrected chi connectivity index (χ3v) is 4.60. The second-order valence-electron chi connectivity index (χ2n) is 6.54. The highest BCUT2D eigenvalue weighted by Gasteiger charge is 2.14. The van der Waals surface area contributed by atoms with E-state index in [9.17, 15) is 0 Å². The lowest BCUT2D eigenvalue weighted by atomic mass is 9.84. The summed E-state index contributed by atoms with van der Waals surface area (Å²) >= 11 is 0. The molecule has 0 saturated carbocycles. The Bertz CT molecular complexity index is 155. The monoisotopic (exact) mass is 240 g/mol. The molecule has 0 nitrogen and oxygen atoms in total. The molecule has 0 saturated heterocycles. The zero-order valence-electron chi connectivity index (χ0n) is 13.3. The molecule has 0 aliphatic heterocycles. The molecule has 17 heavy (non-hydrogen) atoms. The van der Waals surface area contributed by atoms with Crippen molar-refractivity contribution < 1.29 is 0 Å². The van der Waals surface area contributed by atoms with E-state index in [4.69, 9.17) is 0 Å². The van der Waals surface area contributed by atoms with Crippen LogP contribution in [0.3, 0.4) is 0 Å². The maximum atomic E-state index is 2.46. The van der Waals surface area contributed by atoms with Crippen LogP contribution < -0.4 is 0 Å². The first-order valence-electron chi connectivity index (χ1n) is 8.01. The van der Waals surface area contributed by atoms with E-state index in [-0.39, 0.29) is 0 Å². The summed E-state index contributed by atoms with van der Waals surface area (Å²) in [6.45, 7) is 14.3. The largest absolute Gasteiger partial charge is 0.0651 e. The maximum Gasteiger partial charge on any atom is -0.0417 e. The zero-order valence-corrected chi connectivity index (χ0v) is 13.3. The highest BCUT2D eigenvalue weighted by atomic mass is 14.2. The van der Waals surface area contributed by atoms with Crippen LogP contribution in [0.25, 0.3) is 0 Å². The fourth-order valence-corrected chi connectivity index (χ4v) is 2.61. The Balaban J connectivity index is 3.69. The van der Waals surface area contributed by atoms with Gasteiger partial charge in [0.05, 0.1) is 0 Å². The molecule has 2 unspecified atom stereocenters. The molecule has 0 aliphatic rings. The summed E-state index contributed by atoms with van der Waals surface area (Å²) in [7, 11) is 0. The van der Waals surface area contributed by atoms with Gasteiger partial charge in [-0.2, -0.15) is 0 Å². The molecule has 0 heterocycles. The van der Waals surface area contributed by atoms with Crippen LogP contribution in [0.2, 0.25) is 0 Å². The van der Waals surface area contributed by atoms with E-state index in [1.807, 2.05) is 0 Å². The van der Waals surface area contributed by atoms with Crippen molar-refractivity contribution in [1.82, 2.24) is 0 Å². The van der Waals surface area contributed by atoms with Gasteiger partial charge in [-0.05, 0) is 23.7 Å². The average molecular weight is 240 g/mol. The van der Waals surface area contributed by atoms with Crippen molar-refractivity contribution in [2.45, 2.75) is 86.5 Å².